The summed E-state index contributed by atoms with van der Waals surface area (Å²) in [5.74, 6) is -0.224. The SMILES string of the molecule is CC(=O)CC[C@H]1CN(c2ccc(-c3ccc(CNc4nsc(CNC(=O)[C@H](C)N)n4)cc3)c(F)c2)C(=O)O1. The van der Waals surface area contributed by atoms with Crippen molar-refractivity contribution in [1.29, 1.82) is 0 Å². The van der Waals surface area contributed by atoms with Crippen molar-refractivity contribution in [3.8, 4) is 11.1 Å². The van der Waals surface area contributed by atoms with Crippen LogP contribution in [0.4, 0.5) is 20.8 Å². The average Bonchev–Trinajstić information content (AvgIpc) is 3.51. The van der Waals surface area contributed by atoms with Gasteiger partial charge in [0.15, 0.2) is 0 Å². The van der Waals surface area contributed by atoms with Gasteiger partial charge >= 0.3 is 6.09 Å². The first-order valence-corrected chi connectivity index (χ1v) is 12.9. The summed E-state index contributed by atoms with van der Waals surface area (Å²) >= 11 is 1.19. The number of ketones is 1. The molecular formula is C26H29FN6O4S. The van der Waals surface area contributed by atoms with Crippen molar-refractivity contribution in [2.45, 2.75) is 51.9 Å². The van der Waals surface area contributed by atoms with Crippen molar-refractivity contribution in [2.24, 2.45) is 5.73 Å². The van der Waals surface area contributed by atoms with Crippen LogP contribution in [0.2, 0.25) is 0 Å². The van der Waals surface area contributed by atoms with Crippen molar-refractivity contribution in [2.75, 3.05) is 16.8 Å². The maximum absolute atomic E-state index is 15.0. The Kier molecular flexibility index (Phi) is 8.64. The number of carbonyl (C=O) groups excluding carboxylic acids is 3. The predicted octanol–water partition coefficient (Wildman–Crippen LogP) is 3.61. The number of cyclic esters (lactones) is 1. The highest BCUT2D eigenvalue weighted by atomic mass is 32.1. The minimum absolute atomic E-state index is 0.0330. The molecule has 38 heavy (non-hydrogen) atoms. The molecule has 0 bridgehead atoms. The normalized spacial score (nSPS) is 15.7. The molecule has 0 spiro atoms. The lowest BCUT2D eigenvalue weighted by molar-refractivity contribution is -0.122. The molecule has 0 saturated carbocycles. The van der Waals surface area contributed by atoms with Crippen LogP contribution in [0.5, 0.6) is 0 Å². The standard InChI is InChI=1S/C26H29FN6O4S/c1-15(34)3-9-20-14-33(26(36)37-20)19-8-10-21(22(27)11-19)18-6-4-17(5-7-18)12-30-25-31-23(38-32-25)13-29-24(35)16(2)28/h4-8,10-11,16,20H,3,9,12-14,28H2,1-2H3,(H,29,35)(H,30,32)/t16-,20-/m0/s1. The van der Waals surface area contributed by atoms with E-state index < -0.39 is 18.0 Å². The van der Waals surface area contributed by atoms with E-state index in [4.69, 9.17) is 10.5 Å². The summed E-state index contributed by atoms with van der Waals surface area (Å²) in [6, 6.07) is 11.5. The van der Waals surface area contributed by atoms with Crippen LogP contribution in [-0.4, -0.2) is 45.8 Å². The average molecular weight is 541 g/mol. The van der Waals surface area contributed by atoms with Gasteiger partial charge in [-0.25, -0.2) is 14.2 Å². The third kappa shape index (κ3) is 6.90. The zero-order chi connectivity index (χ0) is 27.2. The van der Waals surface area contributed by atoms with E-state index >= 15 is 4.39 Å². The second-order valence-corrected chi connectivity index (χ2v) is 9.93. The van der Waals surface area contributed by atoms with Gasteiger partial charge in [0.2, 0.25) is 11.9 Å². The van der Waals surface area contributed by atoms with E-state index in [-0.39, 0.29) is 30.9 Å². The molecule has 2 amide bonds. The zero-order valence-electron chi connectivity index (χ0n) is 21.1. The summed E-state index contributed by atoms with van der Waals surface area (Å²) in [5.41, 5.74) is 7.99. The van der Waals surface area contributed by atoms with E-state index in [1.54, 1.807) is 19.1 Å². The fourth-order valence-corrected chi connectivity index (χ4v) is 4.42. The first-order chi connectivity index (χ1) is 18.2. The number of nitrogens with zero attached hydrogens (tertiary/aromatic N) is 3. The van der Waals surface area contributed by atoms with Gasteiger partial charge in [-0.3, -0.25) is 9.69 Å². The van der Waals surface area contributed by atoms with Crippen LogP contribution in [0.25, 0.3) is 11.1 Å². The molecule has 1 aliphatic rings. The fourth-order valence-electron chi connectivity index (χ4n) is 3.86. The van der Waals surface area contributed by atoms with Gasteiger partial charge in [0.1, 0.15) is 22.7 Å². The predicted molar refractivity (Wildman–Crippen MR) is 142 cm³/mol. The molecule has 3 aromatic rings. The van der Waals surface area contributed by atoms with E-state index in [1.807, 2.05) is 24.3 Å². The second-order valence-electron chi connectivity index (χ2n) is 9.09. The number of Topliss-reactive ketones (excluding diaryl/α,β-unsaturated/α-hetero) is 1. The van der Waals surface area contributed by atoms with E-state index in [0.29, 0.717) is 47.2 Å². The van der Waals surface area contributed by atoms with E-state index in [9.17, 15) is 14.4 Å². The number of nitrogens with two attached hydrogens (primary N) is 1. The summed E-state index contributed by atoms with van der Waals surface area (Å²) in [6.45, 7) is 4.11. The van der Waals surface area contributed by atoms with Gasteiger partial charge in [-0.05, 0) is 61.1 Å². The fraction of sp³-hybridized carbons (Fsp3) is 0.346. The molecule has 0 radical (unpaired) electrons. The van der Waals surface area contributed by atoms with Crippen LogP contribution in [0.3, 0.4) is 0 Å². The third-order valence-corrected chi connectivity index (χ3v) is 6.68. The second kappa shape index (κ2) is 12.1. The Labute approximate surface area is 223 Å². The Hall–Kier alpha value is -3.90. The summed E-state index contributed by atoms with van der Waals surface area (Å²) in [6.07, 6.45) is -0.146. The van der Waals surface area contributed by atoms with Gasteiger partial charge in [-0.2, -0.15) is 4.37 Å². The van der Waals surface area contributed by atoms with Gasteiger partial charge in [-0.1, -0.05) is 24.3 Å². The molecule has 4 rings (SSSR count). The molecule has 1 fully saturated rings. The quantitative estimate of drug-likeness (QED) is 0.335. The molecule has 12 heteroatoms. The number of amides is 2. The molecular weight excluding hydrogens is 511 g/mol. The molecule has 10 nitrogen and oxygen atoms in total. The number of rotatable bonds is 11. The molecule has 2 aromatic carbocycles. The highest BCUT2D eigenvalue weighted by Gasteiger charge is 2.32. The van der Waals surface area contributed by atoms with Crippen molar-refractivity contribution in [3.05, 3.63) is 58.9 Å². The zero-order valence-corrected chi connectivity index (χ0v) is 21.9. The van der Waals surface area contributed by atoms with Crippen LogP contribution in [0.15, 0.2) is 42.5 Å². The number of hydrogen-bond acceptors (Lipinski definition) is 9. The molecule has 1 saturated heterocycles. The smallest absolute Gasteiger partial charge is 0.414 e. The van der Waals surface area contributed by atoms with Crippen LogP contribution in [0, 0.1) is 5.82 Å². The number of anilines is 2. The van der Waals surface area contributed by atoms with Crippen LogP contribution in [-0.2, 0) is 27.4 Å². The molecule has 2 heterocycles. The Morgan fingerprint density at radius 3 is 2.68 bits per heavy atom. The lowest BCUT2D eigenvalue weighted by Gasteiger charge is -2.14. The Bertz CT molecular complexity index is 1310. The molecule has 0 unspecified atom stereocenters. The number of benzene rings is 2. The van der Waals surface area contributed by atoms with Crippen LogP contribution in [0.1, 0.15) is 37.3 Å². The van der Waals surface area contributed by atoms with Crippen LogP contribution >= 0.6 is 11.5 Å². The number of halogens is 1. The largest absolute Gasteiger partial charge is 0.444 e. The van der Waals surface area contributed by atoms with Gasteiger partial charge < -0.3 is 25.9 Å². The van der Waals surface area contributed by atoms with Crippen molar-refractivity contribution in [1.82, 2.24) is 14.7 Å². The number of aromatic nitrogens is 2. The van der Waals surface area contributed by atoms with E-state index in [1.165, 1.54) is 29.4 Å². The molecule has 4 N–H and O–H groups in total. The van der Waals surface area contributed by atoms with Crippen molar-refractivity contribution in [3.63, 3.8) is 0 Å². The van der Waals surface area contributed by atoms with Crippen molar-refractivity contribution < 1.29 is 23.5 Å². The van der Waals surface area contributed by atoms with E-state index in [0.717, 1.165) is 5.56 Å². The maximum Gasteiger partial charge on any atom is 0.414 e. The Morgan fingerprint density at radius 1 is 1.24 bits per heavy atom. The van der Waals surface area contributed by atoms with E-state index in [2.05, 4.69) is 20.0 Å². The number of ether oxygens (including phenoxy) is 1. The molecule has 0 aliphatic carbocycles. The summed E-state index contributed by atoms with van der Waals surface area (Å²) in [7, 11) is 0. The lowest BCUT2D eigenvalue weighted by Crippen LogP contribution is -2.37. The number of hydrogen-bond donors (Lipinski definition) is 3. The molecule has 2 atom stereocenters. The van der Waals surface area contributed by atoms with Gasteiger partial charge in [-0.15, -0.1) is 0 Å². The highest BCUT2D eigenvalue weighted by Crippen LogP contribution is 2.30. The number of nitrogens with one attached hydrogen (secondary N) is 2. The Morgan fingerprint density at radius 2 is 2.00 bits per heavy atom. The van der Waals surface area contributed by atoms with Gasteiger partial charge in [0.25, 0.3) is 0 Å². The summed E-state index contributed by atoms with van der Waals surface area (Å²) < 4.78 is 24.6. The third-order valence-electron chi connectivity index (χ3n) is 5.97. The maximum atomic E-state index is 15.0. The van der Waals surface area contributed by atoms with Gasteiger partial charge in [0, 0.05) is 18.5 Å². The minimum atomic E-state index is -0.587. The first-order valence-electron chi connectivity index (χ1n) is 12.2. The number of carbonyl (C=O) groups is 3. The summed E-state index contributed by atoms with van der Waals surface area (Å²) in [5, 5.41) is 6.48. The highest BCUT2D eigenvalue weighted by molar-refractivity contribution is 7.05. The molecule has 1 aromatic heterocycles. The molecule has 1 aliphatic heterocycles. The first kappa shape index (κ1) is 27.1. The molecule has 200 valence electrons. The van der Waals surface area contributed by atoms with Gasteiger partial charge in [0.05, 0.1) is 24.8 Å². The topological polar surface area (TPSA) is 140 Å². The summed E-state index contributed by atoms with van der Waals surface area (Å²) in [4.78, 5) is 40.8. The monoisotopic (exact) mass is 540 g/mol. The minimum Gasteiger partial charge on any atom is -0.444 e. The van der Waals surface area contributed by atoms with Crippen LogP contribution < -0.4 is 21.3 Å². The van der Waals surface area contributed by atoms with Crippen molar-refractivity contribution >= 4 is 41.0 Å². The lowest BCUT2D eigenvalue weighted by atomic mass is 10.0. The Balaban J connectivity index is 1.33.